The molecule has 1 heterocycles. The monoisotopic (exact) mass is 417 g/mol. The summed E-state index contributed by atoms with van der Waals surface area (Å²) in [5.41, 5.74) is 3.24. The second kappa shape index (κ2) is 9.55. The predicted molar refractivity (Wildman–Crippen MR) is 111 cm³/mol. The lowest BCUT2D eigenvalue weighted by atomic mass is 9.89. The van der Waals surface area contributed by atoms with Gasteiger partial charge in [0.2, 0.25) is 0 Å². The first-order chi connectivity index (χ1) is 14.3. The Morgan fingerprint density at radius 2 is 1.93 bits per heavy atom. The molecule has 0 saturated carbocycles. The second-order valence-corrected chi connectivity index (χ2v) is 7.64. The number of carbonyl (C=O) groups excluding carboxylic acids is 1. The van der Waals surface area contributed by atoms with Crippen molar-refractivity contribution in [3.8, 4) is 16.9 Å². The van der Waals surface area contributed by atoms with Crippen LogP contribution in [0.5, 0.6) is 5.75 Å². The van der Waals surface area contributed by atoms with Gasteiger partial charge in [0.15, 0.2) is 6.17 Å². The fourth-order valence-corrected chi connectivity index (χ4v) is 3.64. The zero-order valence-electron chi connectivity index (χ0n) is 17.3. The van der Waals surface area contributed by atoms with Gasteiger partial charge in [0, 0.05) is 18.5 Å². The third kappa shape index (κ3) is 4.64. The molecule has 7 heteroatoms. The molecule has 0 aliphatic carbocycles. The fraction of sp³-hybridized carbons (Fsp3) is 0.435. The number of benzene rings is 2. The molecule has 1 aliphatic rings. The van der Waals surface area contributed by atoms with Gasteiger partial charge in [0.25, 0.3) is 5.91 Å². The number of nitrogens with one attached hydrogen (secondary N) is 1. The second-order valence-electron chi connectivity index (χ2n) is 7.64. The fourth-order valence-electron chi connectivity index (χ4n) is 3.64. The van der Waals surface area contributed by atoms with E-state index in [9.17, 15) is 19.4 Å². The molecular formula is C23H28FNO5. The number of aryl methyl sites for hydroxylation is 1. The molecule has 3 rings (SSSR count). The quantitative estimate of drug-likeness (QED) is 0.672. The molecule has 2 aromatic rings. The van der Waals surface area contributed by atoms with Crippen LogP contribution in [0.3, 0.4) is 0 Å². The Balaban J connectivity index is 1.71. The van der Waals surface area contributed by atoms with Crippen LogP contribution in [0.2, 0.25) is 0 Å². The molecule has 3 N–H and O–H groups in total. The highest BCUT2D eigenvalue weighted by molar-refractivity contribution is 5.95. The lowest BCUT2D eigenvalue weighted by Gasteiger charge is -2.39. The number of alkyl halides is 1. The normalized spacial score (nSPS) is 26.3. The largest absolute Gasteiger partial charge is 0.490 e. The number of rotatable bonds is 6. The molecular weight excluding hydrogens is 389 g/mol. The molecule has 1 amide bonds. The van der Waals surface area contributed by atoms with Crippen LogP contribution in [0.25, 0.3) is 11.1 Å². The van der Waals surface area contributed by atoms with Crippen molar-refractivity contribution in [1.29, 1.82) is 0 Å². The van der Waals surface area contributed by atoms with Crippen LogP contribution in [0.15, 0.2) is 42.5 Å². The number of carbonyl (C=O) groups is 1. The summed E-state index contributed by atoms with van der Waals surface area (Å²) in [6.07, 6.45) is -4.39. The lowest BCUT2D eigenvalue weighted by Crippen LogP contribution is -2.54. The van der Waals surface area contributed by atoms with E-state index >= 15 is 0 Å². The average molecular weight is 417 g/mol. The SMILES string of the molecule is CNC(=O)c1cccc(-c2ccc(OCC3OC(CO)C(C)C(O)C3F)c(C)c2)c1. The smallest absolute Gasteiger partial charge is 0.251 e. The topological polar surface area (TPSA) is 88.0 Å². The molecule has 1 saturated heterocycles. The van der Waals surface area contributed by atoms with Crippen molar-refractivity contribution < 1.29 is 28.9 Å². The van der Waals surface area contributed by atoms with Crippen LogP contribution in [-0.2, 0) is 4.74 Å². The first-order valence-corrected chi connectivity index (χ1v) is 10.00. The summed E-state index contributed by atoms with van der Waals surface area (Å²) in [6, 6.07) is 12.9. The predicted octanol–water partition coefficient (Wildman–Crippen LogP) is 2.50. The van der Waals surface area contributed by atoms with E-state index in [1.807, 2.05) is 37.3 Å². The molecule has 162 valence electrons. The lowest BCUT2D eigenvalue weighted by molar-refractivity contribution is -0.190. The molecule has 5 atom stereocenters. The minimum absolute atomic E-state index is 0.0756. The zero-order valence-corrected chi connectivity index (χ0v) is 17.3. The molecule has 30 heavy (non-hydrogen) atoms. The summed E-state index contributed by atoms with van der Waals surface area (Å²) in [7, 11) is 1.59. The Bertz CT molecular complexity index is 888. The van der Waals surface area contributed by atoms with Crippen LogP contribution in [-0.4, -0.2) is 60.9 Å². The van der Waals surface area contributed by atoms with Crippen LogP contribution in [0, 0.1) is 12.8 Å². The summed E-state index contributed by atoms with van der Waals surface area (Å²) >= 11 is 0. The number of halogens is 1. The van der Waals surface area contributed by atoms with E-state index in [1.54, 1.807) is 26.1 Å². The standard InChI is InChI=1S/C23H28FNO5/c1-13-9-16(15-5-4-6-17(10-15)23(28)25-3)7-8-18(13)29-12-20-21(24)22(27)14(2)19(11-26)30-20/h4-10,14,19-22,26-27H,11-12H2,1-3H3,(H,25,28). The van der Waals surface area contributed by atoms with E-state index in [-0.39, 0.29) is 19.1 Å². The van der Waals surface area contributed by atoms with Crippen molar-refractivity contribution in [1.82, 2.24) is 5.32 Å². The Hall–Kier alpha value is -2.48. The first kappa shape index (κ1) is 22.2. The Labute approximate surface area is 175 Å². The number of hydrogen-bond acceptors (Lipinski definition) is 5. The van der Waals surface area contributed by atoms with Gasteiger partial charge >= 0.3 is 0 Å². The van der Waals surface area contributed by atoms with Crippen LogP contribution in [0.1, 0.15) is 22.8 Å². The number of aliphatic hydroxyl groups is 2. The van der Waals surface area contributed by atoms with Gasteiger partial charge in [-0.15, -0.1) is 0 Å². The third-order valence-corrected chi connectivity index (χ3v) is 5.60. The van der Waals surface area contributed by atoms with E-state index in [1.165, 1.54) is 0 Å². The number of ether oxygens (including phenoxy) is 2. The van der Waals surface area contributed by atoms with Crippen molar-refractivity contribution in [2.24, 2.45) is 5.92 Å². The Kier molecular flexibility index (Phi) is 7.07. The summed E-state index contributed by atoms with van der Waals surface area (Å²) in [4.78, 5) is 11.9. The summed E-state index contributed by atoms with van der Waals surface area (Å²) in [5.74, 6) is -0.0713. The number of amides is 1. The Morgan fingerprint density at radius 3 is 2.60 bits per heavy atom. The van der Waals surface area contributed by atoms with Gasteiger partial charge in [0.1, 0.15) is 18.5 Å². The highest BCUT2D eigenvalue weighted by atomic mass is 19.1. The summed E-state index contributed by atoms with van der Waals surface area (Å²) in [6.45, 7) is 3.17. The molecule has 0 spiro atoms. The van der Waals surface area contributed by atoms with Gasteiger partial charge in [-0.3, -0.25) is 4.79 Å². The van der Waals surface area contributed by atoms with Crippen molar-refractivity contribution in [2.75, 3.05) is 20.3 Å². The minimum atomic E-state index is -1.59. The van der Waals surface area contributed by atoms with Gasteiger partial charge in [0.05, 0.1) is 18.8 Å². The molecule has 0 bridgehead atoms. The molecule has 2 aromatic carbocycles. The molecule has 0 aromatic heterocycles. The van der Waals surface area contributed by atoms with Crippen LogP contribution < -0.4 is 10.1 Å². The van der Waals surface area contributed by atoms with Crippen molar-refractivity contribution in [3.63, 3.8) is 0 Å². The highest BCUT2D eigenvalue weighted by Crippen LogP contribution is 2.30. The maximum Gasteiger partial charge on any atom is 0.251 e. The summed E-state index contributed by atoms with van der Waals surface area (Å²) in [5, 5.41) is 22.1. The number of aliphatic hydroxyl groups excluding tert-OH is 2. The van der Waals surface area contributed by atoms with Crippen LogP contribution >= 0.6 is 0 Å². The summed E-state index contributed by atoms with van der Waals surface area (Å²) < 4.78 is 25.8. The third-order valence-electron chi connectivity index (χ3n) is 5.60. The minimum Gasteiger partial charge on any atom is -0.490 e. The average Bonchev–Trinajstić information content (AvgIpc) is 2.77. The molecule has 1 fully saturated rings. The molecule has 6 nitrogen and oxygen atoms in total. The van der Waals surface area contributed by atoms with Gasteiger partial charge in [-0.2, -0.15) is 0 Å². The van der Waals surface area contributed by atoms with Crippen molar-refractivity contribution in [2.45, 2.75) is 38.3 Å². The molecule has 0 radical (unpaired) electrons. The number of hydrogen-bond donors (Lipinski definition) is 3. The molecule has 5 unspecified atom stereocenters. The van der Waals surface area contributed by atoms with E-state index in [2.05, 4.69) is 5.32 Å². The van der Waals surface area contributed by atoms with Gasteiger partial charge in [-0.05, 0) is 47.9 Å². The van der Waals surface area contributed by atoms with Gasteiger partial charge in [-0.1, -0.05) is 25.1 Å². The van der Waals surface area contributed by atoms with E-state index in [4.69, 9.17) is 9.47 Å². The maximum atomic E-state index is 14.5. The van der Waals surface area contributed by atoms with Gasteiger partial charge in [-0.25, -0.2) is 4.39 Å². The Morgan fingerprint density at radius 1 is 1.20 bits per heavy atom. The first-order valence-electron chi connectivity index (χ1n) is 10.00. The van der Waals surface area contributed by atoms with Crippen molar-refractivity contribution >= 4 is 5.91 Å². The van der Waals surface area contributed by atoms with Gasteiger partial charge < -0.3 is 25.0 Å². The van der Waals surface area contributed by atoms with E-state index in [0.717, 1.165) is 16.7 Å². The molecule has 1 aliphatic heterocycles. The van der Waals surface area contributed by atoms with Crippen molar-refractivity contribution in [3.05, 3.63) is 53.6 Å². The highest BCUT2D eigenvalue weighted by Gasteiger charge is 2.43. The van der Waals surface area contributed by atoms with E-state index in [0.29, 0.717) is 11.3 Å². The maximum absolute atomic E-state index is 14.5. The van der Waals surface area contributed by atoms with Crippen LogP contribution in [0.4, 0.5) is 4.39 Å². The van der Waals surface area contributed by atoms with E-state index < -0.39 is 30.4 Å². The zero-order chi connectivity index (χ0) is 21.8.